The molecule has 1 N–H and O–H groups in total. The molecule has 1 saturated carbocycles. The van der Waals surface area contributed by atoms with E-state index in [4.69, 9.17) is 0 Å². The molecule has 1 aromatic heterocycles. The molecule has 0 bridgehead atoms. The van der Waals surface area contributed by atoms with Gasteiger partial charge in [-0.15, -0.1) is 11.3 Å². The normalized spacial score (nSPS) is 24.1. The van der Waals surface area contributed by atoms with Gasteiger partial charge in [-0.05, 0) is 43.2 Å². The number of hydrogen-bond acceptors (Lipinski definition) is 4. The van der Waals surface area contributed by atoms with Crippen LogP contribution < -0.4 is 4.72 Å². The monoisotopic (exact) mass is 374 g/mol. The van der Waals surface area contributed by atoms with Crippen molar-refractivity contribution < 1.29 is 8.42 Å². The molecule has 1 fully saturated rings. The van der Waals surface area contributed by atoms with E-state index in [0.717, 1.165) is 30.8 Å². The Balaban J connectivity index is 1.45. The second kappa shape index (κ2) is 6.68. The Hall–Kier alpha value is -1.47. The van der Waals surface area contributed by atoms with Crippen LogP contribution in [0.2, 0.25) is 0 Å². The van der Waals surface area contributed by atoms with Crippen molar-refractivity contribution in [2.45, 2.75) is 29.0 Å². The number of likely N-dealkylation sites (N-methyl/N-ethyl adjacent to an activating group) is 1. The Morgan fingerprint density at radius 3 is 2.68 bits per heavy atom. The molecular formula is C19H22N2O2S2. The van der Waals surface area contributed by atoms with E-state index in [1.54, 1.807) is 6.07 Å². The molecular weight excluding hydrogens is 352 g/mol. The first-order valence-electron chi connectivity index (χ1n) is 8.58. The third-order valence-corrected chi connectivity index (χ3v) is 8.04. The third kappa shape index (κ3) is 3.72. The largest absolute Gasteiger partial charge is 0.302 e. The highest BCUT2D eigenvalue weighted by Gasteiger charge is 2.41. The first-order chi connectivity index (χ1) is 12.0. The summed E-state index contributed by atoms with van der Waals surface area (Å²) in [5.41, 5.74) is 2.47. The van der Waals surface area contributed by atoms with Crippen LogP contribution >= 0.6 is 11.3 Å². The van der Waals surface area contributed by atoms with Crippen LogP contribution in [0.5, 0.6) is 0 Å². The molecule has 2 aromatic rings. The Kier molecular flexibility index (Phi) is 4.54. The first-order valence-corrected chi connectivity index (χ1v) is 10.9. The minimum Gasteiger partial charge on any atom is -0.302 e. The van der Waals surface area contributed by atoms with Crippen molar-refractivity contribution >= 4 is 26.9 Å². The number of benzene rings is 1. The minimum atomic E-state index is -3.44. The number of nitrogens with zero attached hydrogens (tertiary/aromatic N) is 1. The van der Waals surface area contributed by atoms with Gasteiger partial charge >= 0.3 is 0 Å². The highest BCUT2D eigenvalue weighted by Crippen LogP contribution is 2.42. The predicted molar refractivity (Wildman–Crippen MR) is 102 cm³/mol. The first kappa shape index (κ1) is 17.0. The lowest BCUT2D eigenvalue weighted by atomic mass is 10.1. The fourth-order valence-corrected chi connectivity index (χ4v) is 5.96. The lowest BCUT2D eigenvalue weighted by molar-refractivity contribution is 0.370. The summed E-state index contributed by atoms with van der Waals surface area (Å²) in [6.07, 6.45) is 4.05. The van der Waals surface area contributed by atoms with Crippen LogP contribution in [0.4, 0.5) is 0 Å². The fourth-order valence-electron chi connectivity index (χ4n) is 3.28. The van der Waals surface area contributed by atoms with Crippen molar-refractivity contribution in [2.24, 2.45) is 0 Å². The van der Waals surface area contributed by atoms with Gasteiger partial charge in [0.25, 0.3) is 0 Å². The van der Waals surface area contributed by atoms with Gasteiger partial charge in [0.05, 0.1) is 0 Å². The number of rotatable bonds is 5. The number of hydrogen-bond donors (Lipinski definition) is 1. The predicted octanol–water partition coefficient (Wildman–Crippen LogP) is 3.30. The summed E-state index contributed by atoms with van der Waals surface area (Å²) in [6.45, 7) is 1.94. The molecule has 1 aromatic carbocycles. The zero-order valence-corrected chi connectivity index (χ0v) is 15.8. The molecule has 0 saturated heterocycles. The van der Waals surface area contributed by atoms with Crippen LogP contribution in [-0.4, -0.2) is 39.5 Å². The second-order valence-corrected chi connectivity index (χ2v) is 9.87. The maximum atomic E-state index is 12.7. The lowest BCUT2D eigenvalue weighted by Crippen LogP contribution is -2.26. The molecule has 0 radical (unpaired) electrons. The Labute approximate surface area is 153 Å². The Morgan fingerprint density at radius 2 is 1.96 bits per heavy atom. The molecule has 2 heterocycles. The number of sulfonamides is 1. The summed E-state index contributed by atoms with van der Waals surface area (Å²) in [6, 6.07) is 13.8. The van der Waals surface area contributed by atoms with Crippen molar-refractivity contribution in [3.63, 3.8) is 0 Å². The van der Waals surface area contributed by atoms with Crippen molar-refractivity contribution in [1.29, 1.82) is 0 Å². The molecule has 2 aliphatic rings. The SMILES string of the molecule is CN1CC=C(c2ccc(S(=O)(=O)N[C@H]3C[C@@H]3c3ccccc3)s2)CC1. The third-order valence-electron chi connectivity index (χ3n) is 4.90. The minimum absolute atomic E-state index is 0.0143. The topological polar surface area (TPSA) is 49.4 Å². The quantitative estimate of drug-likeness (QED) is 0.874. The summed E-state index contributed by atoms with van der Waals surface area (Å²) < 4.78 is 28.6. The zero-order chi connectivity index (χ0) is 17.4. The lowest BCUT2D eigenvalue weighted by Gasteiger charge is -2.21. The van der Waals surface area contributed by atoms with Gasteiger partial charge in [-0.3, -0.25) is 0 Å². The summed E-state index contributed by atoms with van der Waals surface area (Å²) in [7, 11) is -1.34. The van der Waals surface area contributed by atoms with Crippen molar-refractivity contribution in [2.75, 3.05) is 20.1 Å². The molecule has 4 rings (SSSR count). The molecule has 0 spiro atoms. The molecule has 4 nitrogen and oxygen atoms in total. The van der Waals surface area contributed by atoms with E-state index in [-0.39, 0.29) is 6.04 Å². The highest BCUT2D eigenvalue weighted by atomic mass is 32.2. The van der Waals surface area contributed by atoms with Crippen LogP contribution in [0.25, 0.3) is 5.57 Å². The van der Waals surface area contributed by atoms with Gasteiger partial charge in [0, 0.05) is 29.9 Å². The van der Waals surface area contributed by atoms with Crippen LogP contribution in [-0.2, 0) is 10.0 Å². The van der Waals surface area contributed by atoms with Gasteiger partial charge in [0.15, 0.2) is 0 Å². The Morgan fingerprint density at radius 1 is 1.16 bits per heavy atom. The standard InChI is InChI=1S/C19H22N2O2S2/c1-21-11-9-15(10-12-21)18-7-8-19(24-18)25(22,23)20-17-13-16(17)14-5-3-2-4-6-14/h2-9,16-17,20H,10-13H2,1H3/t16-,17+/m1/s1. The smallest absolute Gasteiger partial charge is 0.250 e. The average molecular weight is 375 g/mol. The van der Waals surface area contributed by atoms with Gasteiger partial charge in [-0.25, -0.2) is 13.1 Å². The van der Waals surface area contributed by atoms with E-state index in [9.17, 15) is 8.42 Å². The van der Waals surface area contributed by atoms with Crippen molar-refractivity contribution in [3.8, 4) is 0 Å². The zero-order valence-electron chi connectivity index (χ0n) is 14.2. The average Bonchev–Trinajstić information content (AvgIpc) is 3.17. The molecule has 1 aliphatic heterocycles. The number of nitrogens with one attached hydrogen (secondary N) is 1. The van der Waals surface area contributed by atoms with E-state index in [1.165, 1.54) is 22.5 Å². The van der Waals surface area contributed by atoms with Crippen LogP contribution in [0.1, 0.15) is 29.2 Å². The summed E-state index contributed by atoms with van der Waals surface area (Å²) in [5.74, 6) is 0.298. The van der Waals surface area contributed by atoms with Crippen molar-refractivity contribution in [1.82, 2.24) is 9.62 Å². The van der Waals surface area contributed by atoms with Gasteiger partial charge in [-0.2, -0.15) is 0 Å². The van der Waals surface area contributed by atoms with Gasteiger partial charge in [0.1, 0.15) is 4.21 Å². The number of thiophene rings is 1. The molecule has 0 unspecified atom stereocenters. The summed E-state index contributed by atoms with van der Waals surface area (Å²) in [4.78, 5) is 3.33. The maximum Gasteiger partial charge on any atom is 0.250 e. The highest BCUT2D eigenvalue weighted by molar-refractivity contribution is 7.91. The summed E-state index contributed by atoms with van der Waals surface area (Å²) in [5, 5.41) is 0. The van der Waals surface area contributed by atoms with Crippen LogP contribution in [0, 0.1) is 0 Å². The van der Waals surface area contributed by atoms with Crippen LogP contribution in [0.15, 0.2) is 52.7 Å². The van der Waals surface area contributed by atoms with Gasteiger partial charge < -0.3 is 4.90 Å². The molecule has 6 heteroatoms. The van der Waals surface area contributed by atoms with E-state index in [2.05, 4.69) is 34.9 Å². The van der Waals surface area contributed by atoms with E-state index >= 15 is 0 Å². The molecule has 0 amide bonds. The molecule has 1 aliphatic carbocycles. The molecule has 2 atom stereocenters. The Bertz CT molecular complexity index is 887. The van der Waals surface area contributed by atoms with E-state index in [0.29, 0.717) is 10.1 Å². The van der Waals surface area contributed by atoms with Crippen LogP contribution in [0.3, 0.4) is 0 Å². The van der Waals surface area contributed by atoms with Crippen molar-refractivity contribution in [3.05, 3.63) is 59.0 Å². The molecule has 132 valence electrons. The summed E-state index contributed by atoms with van der Waals surface area (Å²) >= 11 is 1.38. The molecule has 25 heavy (non-hydrogen) atoms. The van der Waals surface area contributed by atoms with E-state index < -0.39 is 10.0 Å². The second-order valence-electron chi connectivity index (χ2n) is 6.84. The van der Waals surface area contributed by atoms with Gasteiger partial charge in [-0.1, -0.05) is 36.4 Å². The fraction of sp³-hybridized carbons (Fsp3) is 0.368. The van der Waals surface area contributed by atoms with Gasteiger partial charge in [0.2, 0.25) is 10.0 Å². The van der Waals surface area contributed by atoms with E-state index in [1.807, 2.05) is 24.3 Å². The maximum absolute atomic E-state index is 12.7.